The van der Waals surface area contributed by atoms with Gasteiger partial charge in [0.1, 0.15) is 0 Å². The average Bonchev–Trinajstić information content (AvgIpc) is 3.10. The first-order valence-corrected chi connectivity index (χ1v) is 10.3. The van der Waals surface area contributed by atoms with Crippen LogP contribution in [0, 0.1) is 0 Å². The highest BCUT2D eigenvalue weighted by molar-refractivity contribution is 7.18. The number of ketones is 1. The Balaban J connectivity index is 1.81. The van der Waals surface area contributed by atoms with Gasteiger partial charge in [0.05, 0.1) is 39.2 Å². The summed E-state index contributed by atoms with van der Waals surface area (Å²) in [5, 5.41) is 4.78. The molecule has 4 rings (SSSR count). The number of carbonyl (C=O) groups is 2. The highest BCUT2D eigenvalue weighted by atomic mass is 35.5. The van der Waals surface area contributed by atoms with Crippen LogP contribution in [0.2, 0.25) is 10.0 Å². The molecule has 0 bridgehead atoms. The number of rotatable bonds is 3. The first-order chi connectivity index (χ1) is 13.0. The summed E-state index contributed by atoms with van der Waals surface area (Å²) in [5.41, 5.74) is 1.72. The van der Waals surface area contributed by atoms with Crippen molar-refractivity contribution in [3.8, 4) is 0 Å². The number of nitrogens with one attached hydrogen (secondary N) is 1. The molecule has 2 aliphatic rings. The van der Waals surface area contributed by atoms with Gasteiger partial charge >= 0.3 is 0 Å². The topological polar surface area (TPSA) is 58.6 Å². The quantitative estimate of drug-likeness (QED) is 0.815. The minimum Gasteiger partial charge on any atom is -0.378 e. The fourth-order valence-corrected chi connectivity index (χ4v) is 5.09. The SMILES string of the molecule is CC(=O)[C@@H]1NC(=O)c2sc(N3CCOCC3)cc2[C@H]1c1ccc(Cl)c(Cl)c1. The van der Waals surface area contributed by atoms with Crippen LogP contribution in [-0.4, -0.2) is 44.0 Å². The number of thiophene rings is 1. The van der Waals surface area contributed by atoms with Crippen molar-refractivity contribution in [2.75, 3.05) is 31.2 Å². The first-order valence-electron chi connectivity index (χ1n) is 8.68. The molecule has 3 heterocycles. The second kappa shape index (κ2) is 7.43. The Morgan fingerprint density at radius 1 is 1.22 bits per heavy atom. The lowest BCUT2D eigenvalue weighted by molar-refractivity contribution is -0.119. The van der Waals surface area contributed by atoms with Gasteiger partial charge in [-0.15, -0.1) is 11.3 Å². The Labute approximate surface area is 171 Å². The molecular formula is C19H18Cl2N2O3S. The van der Waals surface area contributed by atoms with Gasteiger partial charge in [-0.05, 0) is 36.2 Å². The summed E-state index contributed by atoms with van der Waals surface area (Å²) in [6, 6.07) is 6.77. The van der Waals surface area contributed by atoms with Crippen LogP contribution in [0.15, 0.2) is 24.3 Å². The second-order valence-electron chi connectivity index (χ2n) is 6.68. The number of amides is 1. The Hall–Kier alpha value is -1.60. The number of carbonyl (C=O) groups excluding carboxylic acids is 2. The highest BCUT2D eigenvalue weighted by Gasteiger charge is 2.39. The molecule has 142 valence electrons. The minimum absolute atomic E-state index is 0.0933. The third-order valence-electron chi connectivity index (χ3n) is 4.97. The monoisotopic (exact) mass is 424 g/mol. The molecule has 0 radical (unpaired) electrons. The molecular weight excluding hydrogens is 407 g/mol. The molecule has 27 heavy (non-hydrogen) atoms. The van der Waals surface area contributed by atoms with Crippen molar-refractivity contribution >= 4 is 51.2 Å². The fraction of sp³-hybridized carbons (Fsp3) is 0.368. The smallest absolute Gasteiger partial charge is 0.262 e. The number of ether oxygens (including phenoxy) is 1. The summed E-state index contributed by atoms with van der Waals surface area (Å²) in [4.78, 5) is 27.8. The van der Waals surface area contributed by atoms with Gasteiger partial charge in [0.2, 0.25) is 0 Å². The molecule has 1 aromatic heterocycles. The van der Waals surface area contributed by atoms with Gasteiger partial charge in [-0.3, -0.25) is 9.59 Å². The third kappa shape index (κ3) is 3.47. The zero-order valence-electron chi connectivity index (χ0n) is 14.6. The summed E-state index contributed by atoms with van der Waals surface area (Å²) in [6.45, 7) is 4.40. The molecule has 2 atom stereocenters. The molecule has 0 spiro atoms. The van der Waals surface area contributed by atoms with Crippen LogP contribution >= 0.6 is 34.5 Å². The number of hydrogen-bond donors (Lipinski definition) is 1. The fourth-order valence-electron chi connectivity index (χ4n) is 3.62. The van der Waals surface area contributed by atoms with E-state index in [2.05, 4.69) is 10.2 Å². The van der Waals surface area contributed by atoms with Crippen LogP contribution in [0.4, 0.5) is 5.00 Å². The zero-order chi connectivity index (χ0) is 19.1. The Morgan fingerprint density at radius 2 is 1.96 bits per heavy atom. The Kier molecular flexibility index (Phi) is 5.16. The molecule has 1 aromatic carbocycles. The molecule has 1 fully saturated rings. The maximum Gasteiger partial charge on any atom is 0.262 e. The van der Waals surface area contributed by atoms with E-state index in [1.54, 1.807) is 12.1 Å². The first kappa shape index (κ1) is 18.7. The lowest BCUT2D eigenvalue weighted by Crippen LogP contribution is -2.48. The molecule has 2 aromatic rings. The number of hydrogen-bond acceptors (Lipinski definition) is 5. The van der Waals surface area contributed by atoms with E-state index in [9.17, 15) is 9.59 Å². The number of morpholine rings is 1. The van der Waals surface area contributed by atoms with Crippen molar-refractivity contribution in [3.05, 3.63) is 50.3 Å². The maximum atomic E-state index is 12.7. The lowest BCUT2D eigenvalue weighted by Gasteiger charge is -2.31. The lowest BCUT2D eigenvalue weighted by atomic mass is 9.81. The summed E-state index contributed by atoms with van der Waals surface area (Å²) in [5.74, 6) is -0.591. The molecule has 1 amide bonds. The zero-order valence-corrected chi connectivity index (χ0v) is 17.0. The predicted molar refractivity (Wildman–Crippen MR) is 108 cm³/mol. The largest absolute Gasteiger partial charge is 0.378 e. The van der Waals surface area contributed by atoms with Crippen molar-refractivity contribution in [3.63, 3.8) is 0 Å². The standard InChI is InChI=1S/C19H18Cl2N2O3S/c1-10(24)17-16(11-2-3-13(20)14(21)8-11)12-9-15(23-4-6-26-7-5-23)27-18(12)19(25)22-17/h2-3,8-9,16-17H,4-7H2,1H3,(H,22,25)/t16-,17+/m1/s1. The van der Waals surface area contributed by atoms with Crippen molar-refractivity contribution < 1.29 is 14.3 Å². The number of halogens is 2. The van der Waals surface area contributed by atoms with Gasteiger partial charge in [-0.25, -0.2) is 0 Å². The van der Waals surface area contributed by atoms with Crippen molar-refractivity contribution in [2.24, 2.45) is 0 Å². The number of benzene rings is 1. The summed E-state index contributed by atoms with van der Waals surface area (Å²) in [7, 11) is 0. The van der Waals surface area contributed by atoms with Gasteiger partial charge in [-0.2, -0.15) is 0 Å². The number of nitrogens with zero attached hydrogens (tertiary/aromatic N) is 1. The van der Waals surface area contributed by atoms with Crippen molar-refractivity contribution in [1.29, 1.82) is 0 Å². The van der Waals surface area contributed by atoms with Crippen molar-refractivity contribution in [2.45, 2.75) is 18.9 Å². The average molecular weight is 425 g/mol. The normalized spacial score (nSPS) is 22.3. The van der Waals surface area contributed by atoms with Gasteiger partial charge in [0.15, 0.2) is 5.78 Å². The summed E-state index contributed by atoms with van der Waals surface area (Å²) < 4.78 is 5.42. The summed E-state index contributed by atoms with van der Waals surface area (Å²) in [6.07, 6.45) is 0. The number of Topliss-reactive ketones (excluding diaryl/α,β-unsaturated/α-hetero) is 1. The van der Waals surface area contributed by atoms with Crippen LogP contribution in [-0.2, 0) is 9.53 Å². The highest BCUT2D eigenvalue weighted by Crippen LogP contribution is 2.43. The number of fused-ring (bicyclic) bond motifs is 1. The molecule has 5 nitrogen and oxygen atoms in total. The van der Waals surface area contributed by atoms with Crippen LogP contribution in [0.5, 0.6) is 0 Å². The van der Waals surface area contributed by atoms with E-state index in [0.717, 1.165) is 29.2 Å². The van der Waals surface area contributed by atoms with Gasteiger partial charge in [-0.1, -0.05) is 29.3 Å². The van der Waals surface area contributed by atoms with Crippen LogP contribution in [0.3, 0.4) is 0 Å². The van der Waals surface area contributed by atoms with E-state index in [-0.39, 0.29) is 17.6 Å². The van der Waals surface area contributed by atoms with Gasteiger partial charge in [0.25, 0.3) is 5.91 Å². The van der Waals surface area contributed by atoms with E-state index in [1.807, 2.05) is 12.1 Å². The van der Waals surface area contributed by atoms with Crippen LogP contribution in [0.1, 0.15) is 33.6 Å². The molecule has 0 saturated carbocycles. The molecule has 1 saturated heterocycles. The van der Waals surface area contributed by atoms with Gasteiger partial charge in [0, 0.05) is 19.0 Å². The predicted octanol–water partition coefficient (Wildman–Crippen LogP) is 3.72. The molecule has 1 N–H and O–H groups in total. The third-order valence-corrected chi connectivity index (χ3v) is 6.92. The van der Waals surface area contributed by atoms with E-state index in [1.165, 1.54) is 18.3 Å². The van der Waals surface area contributed by atoms with E-state index in [0.29, 0.717) is 28.1 Å². The van der Waals surface area contributed by atoms with E-state index >= 15 is 0 Å². The number of anilines is 1. The van der Waals surface area contributed by atoms with E-state index < -0.39 is 6.04 Å². The Bertz CT molecular complexity index is 908. The van der Waals surface area contributed by atoms with Crippen LogP contribution < -0.4 is 10.2 Å². The van der Waals surface area contributed by atoms with Crippen molar-refractivity contribution in [1.82, 2.24) is 5.32 Å². The molecule has 2 aliphatic heterocycles. The molecule has 0 aliphatic carbocycles. The Morgan fingerprint density at radius 3 is 2.63 bits per heavy atom. The maximum absolute atomic E-state index is 12.7. The van der Waals surface area contributed by atoms with E-state index in [4.69, 9.17) is 27.9 Å². The van der Waals surface area contributed by atoms with Crippen LogP contribution in [0.25, 0.3) is 0 Å². The summed E-state index contributed by atoms with van der Waals surface area (Å²) >= 11 is 13.7. The minimum atomic E-state index is -0.630. The molecule has 0 unspecified atom stereocenters. The molecule has 8 heteroatoms. The second-order valence-corrected chi connectivity index (χ2v) is 8.53. The van der Waals surface area contributed by atoms with Gasteiger partial charge < -0.3 is 15.0 Å².